The van der Waals surface area contributed by atoms with E-state index in [-0.39, 0.29) is 23.8 Å². The molecular formula is C26H25N3O4. The third kappa shape index (κ3) is 3.84. The number of imide groups is 1. The molecule has 0 unspecified atom stereocenters. The van der Waals surface area contributed by atoms with Crippen molar-refractivity contribution < 1.29 is 18.8 Å². The van der Waals surface area contributed by atoms with Gasteiger partial charge in [-0.05, 0) is 63.1 Å². The largest absolute Gasteiger partial charge is 0.441 e. The Balaban J connectivity index is 1.36. The van der Waals surface area contributed by atoms with Gasteiger partial charge >= 0.3 is 0 Å². The van der Waals surface area contributed by atoms with Crippen LogP contribution >= 0.6 is 0 Å². The first-order valence-electron chi connectivity index (χ1n) is 11.3. The van der Waals surface area contributed by atoms with Crippen molar-refractivity contribution in [3.05, 3.63) is 70.6 Å². The van der Waals surface area contributed by atoms with Gasteiger partial charge in [0, 0.05) is 22.9 Å². The molecule has 0 atom stereocenters. The molecule has 0 bridgehead atoms. The molecule has 2 aromatic carbocycles. The van der Waals surface area contributed by atoms with E-state index in [1.165, 1.54) is 11.0 Å². The molecule has 5 rings (SSSR count). The average molecular weight is 444 g/mol. The summed E-state index contributed by atoms with van der Waals surface area (Å²) in [6, 6.07) is 11.9. The second kappa shape index (κ2) is 8.31. The first-order chi connectivity index (χ1) is 15.9. The fourth-order valence-corrected chi connectivity index (χ4v) is 4.60. The van der Waals surface area contributed by atoms with Gasteiger partial charge in [0.2, 0.25) is 5.89 Å². The number of amides is 3. The van der Waals surface area contributed by atoms with E-state index in [0.717, 1.165) is 49.1 Å². The van der Waals surface area contributed by atoms with E-state index in [1.807, 2.05) is 26.0 Å². The molecule has 168 valence electrons. The SMILES string of the molecule is Cc1nc(-c2cccc(NC(=O)c3ccc4c(c3)C(=O)N(C3CCCCC3)C4=O)c2)oc1C. The molecule has 0 saturated heterocycles. The summed E-state index contributed by atoms with van der Waals surface area (Å²) < 4.78 is 5.68. The van der Waals surface area contributed by atoms with E-state index in [1.54, 1.807) is 24.3 Å². The van der Waals surface area contributed by atoms with Crippen LogP contribution < -0.4 is 5.32 Å². The monoisotopic (exact) mass is 443 g/mol. The van der Waals surface area contributed by atoms with E-state index in [0.29, 0.717) is 28.3 Å². The van der Waals surface area contributed by atoms with Crippen LogP contribution in [-0.4, -0.2) is 33.6 Å². The normalized spacial score (nSPS) is 16.2. The number of nitrogens with one attached hydrogen (secondary N) is 1. The lowest BCUT2D eigenvalue weighted by Gasteiger charge is -2.29. The number of hydrogen-bond acceptors (Lipinski definition) is 5. The second-order valence-corrected chi connectivity index (χ2v) is 8.73. The topological polar surface area (TPSA) is 92.5 Å². The number of aryl methyl sites for hydroxylation is 2. The van der Waals surface area contributed by atoms with Crippen LogP contribution in [0.4, 0.5) is 5.69 Å². The highest BCUT2D eigenvalue weighted by Crippen LogP contribution is 2.32. The summed E-state index contributed by atoms with van der Waals surface area (Å²) in [4.78, 5) is 44.6. The highest BCUT2D eigenvalue weighted by molar-refractivity contribution is 6.22. The van der Waals surface area contributed by atoms with Crippen molar-refractivity contribution in [2.45, 2.75) is 52.0 Å². The Morgan fingerprint density at radius 2 is 1.76 bits per heavy atom. The Bertz CT molecular complexity index is 1250. The van der Waals surface area contributed by atoms with Crippen molar-refractivity contribution in [1.82, 2.24) is 9.88 Å². The molecule has 3 amide bonds. The molecule has 1 aliphatic carbocycles. The Kier molecular flexibility index (Phi) is 5.32. The molecule has 7 heteroatoms. The van der Waals surface area contributed by atoms with E-state index in [4.69, 9.17) is 4.42 Å². The quantitative estimate of drug-likeness (QED) is 0.564. The fraction of sp³-hybridized carbons (Fsp3) is 0.308. The molecule has 0 spiro atoms. The Morgan fingerprint density at radius 3 is 2.48 bits per heavy atom. The number of carbonyl (C=O) groups is 3. The predicted molar refractivity (Wildman–Crippen MR) is 123 cm³/mol. The van der Waals surface area contributed by atoms with Gasteiger partial charge < -0.3 is 9.73 Å². The van der Waals surface area contributed by atoms with E-state index in [2.05, 4.69) is 10.3 Å². The van der Waals surface area contributed by atoms with Crippen LogP contribution in [-0.2, 0) is 0 Å². The predicted octanol–water partition coefficient (Wildman–Crippen LogP) is 5.14. The first kappa shape index (κ1) is 21.1. The highest BCUT2D eigenvalue weighted by Gasteiger charge is 2.40. The molecule has 1 saturated carbocycles. The Morgan fingerprint density at radius 1 is 1.00 bits per heavy atom. The minimum Gasteiger partial charge on any atom is -0.441 e. The smallest absolute Gasteiger partial charge is 0.261 e. The summed E-state index contributed by atoms with van der Waals surface area (Å²) in [6.07, 6.45) is 4.88. The van der Waals surface area contributed by atoms with Crippen molar-refractivity contribution in [3.8, 4) is 11.5 Å². The lowest BCUT2D eigenvalue weighted by Crippen LogP contribution is -2.40. The van der Waals surface area contributed by atoms with Gasteiger partial charge in [-0.1, -0.05) is 25.3 Å². The van der Waals surface area contributed by atoms with Crippen molar-refractivity contribution in [3.63, 3.8) is 0 Å². The van der Waals surface area contributed by atoms with Gasteiger partial charge in [-0.25, -0.2) is 4.98 Å². The van der Waals surface area contributed by atoms with Crippen LogP contribution in [0, 0.1) is 13.8 Å². The molecule has 3 aromatic rings. The third-order valence-electron chi connectivity index (χ3n) is 6.52. The van der Waals surface area contributed by atoms with E-state index in [9.17, 15) is 14.4 Å². The van der Waals surface area contributed by atoms with Crippen LogP contribution in [0.25, 0.3) is 11.5 Å². The van der Waals surface area contributed by atoms with Crippen LogP contribution in [0.2, 0.25) is 0 Å². The standard InChI is InChI=1S/C26H25N3O4/c1-15-16(2)33-24(27-15)18-7-6-8-19(13-18)28-23(30)17-11-12-21-22(14-17)26(32)29(25(21)31)20-9-4-3-5-10-20/h6-8,11-14,20H,3-5,9-10H2,1-2H3,(H,28,30). The van der Waals surface area contributed by atoms with Crippen LogP contribution in [0.3, 0.4) is 0 Å². The summed E-state index contributed by atoms with van der Waals surface area (Å²) in [6.45, 7) is 3.73. The number of aromatic nitrogens is 1. The highest BCUT2D eigenvalue weighted by atomic mass is 16.4. The zero-order valence-corrected chi connectivity index (χ0v) is 18.7. The molecule has 1 aliphatic heterocycles. The molecule has 2 heterocycles. The molecule has 33 heavy (non-hydrogen) atoms. The van der Waals surface area contributed by atoms with Gasteiger partial charge in [0.25, 0.3) is 17.7 Å². The number of hydrogen-bond donors (Lipinski definition) is 1. The van der Waals surface area contributed by atoms with E-state index < -0.39 is 0 Å². The van der Waals surface area contributed by atoms with Crippen LogP contribution in [0.5, 0.6) is 0 Å². The first-order valence-corrected chi connectivity index (χ1v) is 11.3. The Labute approximate surface area is 191 Å². The summed E-state index contributed by atoms with van der Waals surface area (Å²) >= 11 is 0. The lowest BCUT2D eigenvalue weighted by atomic mass is 9.94. The number of fused-ring (bicyclic) bond motifs is 1. The summed E-state index contributed by atoms with van der Waals surface area (Å²) in [5, 5.41) is 2.86. The Hall–Kier alpha value is -3.74. The van der Waals surface area contributed by atoms with Gasteiger partial charge in [0.1, 0.15) is 5.76 Å². The van der Waals surface area contributed by atoms with Crippen molar-refractivity contribution in [2.75, 3.05) is 5.32 Å². The summed E-state index contributed by atoms with van der Waals surface area (Å²) in [5.41, 5.74) is 3.16. The maximum Gasteiger partial charge on any atom is 0.261 e. The molecule has 1 fully saturated rings. The van der Waals surface area contributed by atoms with E-state index >= 15 is 0 Å². The fourth-order valence-electron chi connectivity index (χ4n) is 4.60. The van der Waals surface area contributed by atoms with Gasteiger partial charge in [0.05, 0.1) is 16.8 Å². The molecule has 0 radical (unpaired) electrons. The van der Waals surface area contributed by atoms with Gasteiger partial charge in [-0.2, -0.15) is 0 Å². The van der Waals surface area contributed by atoms with Crippen LogP contribution in [0.1, 0.15) is 74.6 Å². The maximum atomic E-state index is 13.0. The minimum absolute atomic E-state index is 0.0475. The third-order valence-corrected chi connectivity index (χ3v) is 6.52. The van der Waals surface area contributed by atoms with Crippen molar-refractivity contribution >= 4 is 23.4 Å². The number of oxazole rings is 1. The summed E-state index contributed by atoms with van der Waals surface area (Å²) in [7, 11) is 0. The zero-order valence-electron chi connectivity index (χ0n) is 18.7. The molecule has 2 aliphatic rings. The molecular weight excluding hydrogens is 418 g/mol. The zero-order chi connectivity index (χ0) is 23.1. The van der Waals surface area contributed by atoms with Crippen molar-refractivity contribution in [2.24, 2.45) is 0 Å². The van der Waals surface area contributed by atoms with Crippen molar-refractivity contribution in [1.29, 1.82) is 0 Å². The summed E-state index contributed by atoms with van der Waals surface area (Å²) in [5.74, 6) is 0.335. The van der Waals surface area contributed by atoms with Gasteiger partial charge in [0.15, 0.2) is 0 Å². The number of nitrogens with zero attached hydrogens (tertiary/aromatic N) is 2. The number of anilines is 1. The maximum absolute atomic E-state index is 13.0. The molecule has 1 N–H and O–H groups in total. The van der Waals surface area contributed by atoms with Gasteiger partial charge in [-0.15, -0.1) is 0 Å². The molecule has 7 nitrogen and oxygen atoms in total. The number of carbonyl (C=O) groups excluding carboxylic acids is 3. The number of rotatable bonds is 4. The lowest BCUT2D eigenvalue weighted by molar-refractivity contribution is 0.0549. The minimum atomic E-state index is -0.355. The number of benzene rings is 2. The van der Waals surface area contributed by atoms with Crippen LogP contribution in [0.15, 0.2) is 46.9 Å². The molecule has 1 aromatic heterocycles. The van der Waals surface area contributed by atoms with Gasteiger partial charge in [-0.3, -0.25) is 19.3 Å². The average Bonchev–Trinajstić information content (AvgIpc) is 3.29. The second-order valence-electron chi connectivity index (χ2n) is 8.73.